The van der Waals surface area contributed by atoms with E-state index in [-0.39, 0.29) is 25.1 Å². The Morgan fingerprint density at radius 3 is 2.42 bits per heavy atom. The first-order valence-corrected chi connectivity index (χ1v) is 7.74. The second-order valence-corrected chi connectivity index (χ2v) is 6.01. The molecule has 1 N–H and O–H groups in total. The summed E-state index contributed by atoms with van der Waals surface area (Å²) in [6.45, 7) is -0.341. The summed E-state index contributed by atoms with van der Waals surface area (Å²) in [7, 11) is 0. The molecule has 1 heterocycles. The number of benzene rings is 1. The van der Waals surface area contributed by atoms with Crippen LogP contribution in [-0.2, 0) is 22.3 Å². The second-order valence-electron chi connectivity index (χ2n) is 6.01. The standard InChI is InChI=1S/C16H16F6N2O2/c17-15(18,19)6-5-13(25)23-11-7-14(26)24(9-11)8-10-3-1-2-4-12(10)16(20,21)22/h1-4,11H,5-9H2,(H,23,25)/t11-/m1/s1. The molecule has 1 aliphatic rings. The van der Waals surface area contributed by atoms with Crippen LogP contribution in [0.2, 0.25) is 0 Å². The summed E-state index contributed by atoms with van der Waals surface area (Å²) in [5.74, 6) is -1.32. The van der Waals surface area contributed by atoms with Gasteiger partial charge in [0.05, 0.1) is 18.0 Å². The van der Waals surface area contributed by atoms with E-state index < -0.39 is 48.6 Å². The number of nitrogens with one attached hydrogen (secondary N) is 1. The molecule has 1 atom stereocenters. The normalized spacial score (nSPS) is 18.3. The molecule has 0 aliphatic carbocycles. The number of carbonyl (C=O) groups excluding carboxylic acids is 2. The average molecular weight is 382 g/mol. The molecular formula is C16H16F6N2O2. The zero-order valence-corrected chi connectivity index (χ0v) is 13.5. The molecule has 0 radical (unpaired) electrons. The molecule has 10 heteroatoms. The maximum atomic E-state index is 13.0. The fraction of sp³-hybridized carbons (Fsp3) is 0.500. The highest BCUT2D eigenvalue weighted by Crippen LogP contribution is 2.33. The Kier molecular flexibility index (Phi) is 5.82. The highest BCUT2D eigenvalue weighted by molar-refractivity contribution is 5.82. The van der Waals surface area contributed by atoms with E-state index in [2.05, 4.69) is 5.32 Å². The van der Waals surface area contributed by atoms with Crippen LogP contribution < -0.4 is 5.32 Å². The SMILES string of the molecule is O=C(CCC(F)(F)F)N[C@@H]1CC(=O)N(Cc2ccccc2C(F)(F)F)C1. The van der Waals surface area contributed by atoms with Gasteiger partial charge in [-0.05, 0) is 11.6 Å². The van der Waals surface area contributed by atoms with Crippen molar-refractivity contribution in [2.75, 3.05) is 6.54 Å². The summed E-state index contributed by atoms with van der Waals surface area (Å²) in [4.78, 5) is 24.6. The van der Waals surface area contributed by atoms with Gasteiger partial charge in [-0.15, -0.1) is 0 Å². The van der Waals surface area contributed by atoms with Gasteiger partial charge < -0.3 is 10.2 Å². The summed E-state index contributed by atoms with van der Waals surface area (Å²) in [5.41, 5.74) is -0.942. The van der Waals surface area contributed by atoms with E-state index in [1.807, 2.05) is 0 Å². The lowest BCUT2D eigenvalue weighted by Gasteiger charge is -2.20. The number of hydrogen-bond acceptors (Lipinski definition) is 2. The monoisotopic (exact) mass is 382 g/mol. The summed E-state index contributed by atoms with van der Waals surface area (Å²) in [6.07, 6.45) is -11.2. The lowest BCUT2D eigenvalue weighted by Crippen LogP contribution is -2.37. The Hall–Kier alpha value is -2.26. The lowest BCUT2D eigenvalue weighted by atomic mass is 10.1. The number of nitrogens with zero attached hydrogens (tertiary/aromatic N) is 1. The number of halogens is 6. The first-order chi connectivity index (χ1) is 12.0. The lowest BCUT2D eigenvalue weighted by molar-refractivity contribution is -0.144. The zero-order valence-electron chi connectivity index (χ0n) is 13.5. The molecule has 144 valence electrons. The smallest absolute Gasteiger partial charge is 0.351 e. The molecule has 2 rings (SSSR count). The van der Waals surface area contributed by atoms with E-state index in [1.54, 1.807) is 0 Å². The van der Waals surface area contributed by atoms with Gasteiger partial charge in [-0.1, -0.05) is 18.2 Å². The maximum absolute atomic E-state index is 13.0. The molecule has 0 bridgehead atoms. The van der Waals surface area contributed by atoms with Crippen LogP contribution in [0.4, 0.5) is 26.3 Å². The molecule has 0 aromatic heterocycles. The van der Waals surface area contributed by atoms with E-state index in [9.17, 15) is 35.9 Å². The second kappa shape index (κ2) is 7.55. The Labute approximate surface area is 145 Å². The van der Waals surface area contributed by atoms with Crippen LogP contribution in [0, 0.1) is 0 Å². The average Bonchev–Trinajstić information content (AvgIpc) is 2.83. The van der Waals surface area contributed by atoms with Gasteiger partial charge in [0, 0.05) is 25.9 Å². The van der Waals surface area contributed by atoms with Crippen molar-refractivity contribution >= 4 is 11.8 Å². The van der Waals surface area contributed by atoms with Crippen LogP contribution in [0.1, 0.15) is 30.4 Å². The van der Waals surface area contributed by atoms with Gasteiger partial charge in [0.1, 0.15) is 0 Å². The van der Waals surface area contributed by atoms with Crippen molar-refractivity contribution in [3.8, 4) is 0 Å². The van der Waals surface area contributed by atoms with Gasteiger partial charge >= 0.3 is 12.4 Å². The highest BCUT2D eigenvalue weighted by atomic mass is 19.4. The van der Waals surface area contributed by atoms with E-state index in [0.29, 0.717) is 0 Å². The molecule has 1 fully saturated rings. The summed E-state index contributed by atoms with van der Waals surface area (Å²) in [6, 6.07) is 4.10. The third-order valence-corrected chi connectivity index (χ3v) is 3.90. The van der Waals surface area contributed by atoms with E-state index >= 15 is 0 Å². The molecule has 0 saturated carbocycles. The van der Waals surface area contributed by atoms with Crippen LogP contribution in [0.3, 0.4) is 0 Å². The van der Waals surface area contributed by atoms with Gasteiger partial charge in [0.25, 0.3) is 0 Å². The molecule has 26 heavy (non-hydrogen) atoms. The van der Waals surface area contributed by atoms with Crippen molar-refractivity contribution in [1.82, 2.24) is 10.2 Å². The van der Waals surface area contributed by atoms with E-state index in [4.69, 9.17) is 0 Å². The first kappa shape index (κ1) is 20.1. The Balaban J connectivity index is 1.96. The van der Waals surface area contributed by atoms with Gasteiger partial charge in [-0.3, -0.25) is 9.59 Å². The van der Waals surface area contributed by atoms with Crippen LogP contribution in [0.15, 0.2) is 24.3 Å². The fourth-order valence-electron chi connectivity index (χ4n) is 2.72. The number of hydrogen-bond donors (Lipinski definition) is 1. The fourth-order valence-corrected chi connectivity index (χ4v) is 2.72. The molecule has 2 amide bonds. The summed E-state index contributed by atoms with van der Waals surface area (Å²) < 4.78 is 75.3. The zero-order chi connectivity index (χ0) is 19.5. The molecule has 1 aliphatic heterocycles. The van der Waals surface area contributed by atoms with E-state index in [1.165, 1.54) is 18.2 Å². The van der Waals surface area contributed by atoms with Gasteiger partial charge in [-0.2, -0.15) is 26.3 Å². The number of rotatable bonds is 5. The summed E-state index contributed by atoms with van der Waals surface area (Å²) >= 11 is 0. The first-order valence-electron chi connectivity index (χ1n) is 7.74. The van der Waals surface area contributed by atoms with Crippen molar-refractivity contribution < 1.29 is 35.9 Å². The van der Waals surface area contributed by atoms with Crippen LogP contribution in [-0.4, -0.2) is 35.5 Å². The Morgan fingerprint density at radius 1 is 1.15 bits per heavy atom. The molecule has 1 aromatic carbocycles. The number of carbonyl (C=O) groups is 2. The molecule has 0 spiro atoms. The number of likely N-dealkylation sites (tertiary alicyclic amines) is 1. The highest BCUT2D eigenvalue weighted by Gasteiger charge is 2.36. The number of amides is 2. The largest absolute Gasteiger partial charge is 0.416 e. The minimum Gasteiger partial charge on any atom is -0.351 e. The van der Waals surface area contributed by atoms with Crippen molar-refractivity contribution in [2.24, 2.45) is 0 Å². The predicted molar refractivity (Wildman–Crippen MR) is 78.7 cm³/mol. The predicted octanol–water partition coefficient (Wildman–Crippen LogP) is 3.27. The summed E-state index contributed by atoms with van der Waals surface area (Å²) in [5, 5.41) is 2.32. The number of alkyl halides is 6. The van der Waals surface area contributed by atoms with E-state index in [0.717, 1.165) is 11.0 Å². The molecular weight excluding hydrogens is 366 g/mol. The third kappa shape index (κ3) is 5.63. The van der Waals surface area contributed by atoms with Crippen molar-refractivity contribution in [2.45, 2.75) is 44.2 Å². The minimum absolute atomic E-state index is 0.0528. The quantitative estimate of drug-likeness (QED) is 0.795. The minimum atomic E-state index is -4.56. The van der Waals surface area contributed by atoms with Crippen LogP contribution >= 0.6 is 0 Å². The Morgan fingerprint density at radius 2 is 1.81 bits per heavy atom. The molecule has 1 saturated heterocycles. The molecule has 0 unspecified atom stereocenters. The van der Waals surface area contributed by atoms with Crippen LogP contribution in [0.25, 0.3) is 0 Å². The van der Waals surface area contributed by atoms with Gasteiger partial charge in [0.2, 0.25) is 11.8 Å². The van der Waals surface area contributed by atoms with Crippen molar-refractivity contribution in [1.29, 1.82) is 0 Å². The van der Waals surface area contributed by atoms with Crippen molar-refractivity contribution in [3.05, 3.63) is 35.4 Å². The molecule has 4 nitrogen and oxygen atoms in total. The topological polar surface area (TPSA) is 49.4 Å². The van der Waals surface area contributed by atoms with Crippen molar-refractivity contribution in [3.63, 3.8) is 0 Å². The molecule has 1 aromatic rings. The van der Waals surface area contributed by atoms with Gasteiger partial charge in [-0.25, -0.2) is 0 Å². The van der Waals surface area contributed by atoms with Gasteiger partial charge in [0.15, 0.2) is 0 Å². The maximum Gasteiger partial charge on any atom is 0.416 e. The third-order valence-electron chi connectivity index (χ3n) is 3.90. The van der Waals surface area contributed by atoms with Crippen LogP contribution in [0.5, 0.6) is 0 Å². The Bertz CT molecular complexity index is 671.